The number of carbonyl (C=O) groups excluding carboxylic acids is 1. The van der Waals surface area contributed by atoms with E-state index >= 15 is 0 Å². The summed E-state index contributed by atoms with van der Waals surface area (Å²) in [5.74, 6) is 1.07. The second kappa shape index (κ2) is 5.70. The fourth-order valence-electron chi connectivity index (χ4n) is 1.92. The van der Waals surface area contributed by atoms with Crippen LogP contribution in [0, 0.1) is 3.57 Å². The van der Waals surface area contributed by atoms with Crippen molar-refractivity contribution in [3.05, 3.63) is 52.1 Å². The molecule has 0 fully saturated rings. The van der Waals surface area contributed by atoms with Crippen LogP contribution in [-0.2, 0) is 4.79 Å². The number of halogens is 1. The van der Waals surface area contributed by atoms with Crippen molar-refractivity contribution in [1.82, 2.24) is 0 Å². The van der Waals surface area contributed by atoms with Gasteiger partial charge in [0.1, 0.15) is 6.61 Å². The molecule has 4 nitrogen and oxygen atoms in total. The highest BCUT2D eigenvalue weighted by molar-refractivity contribution is 14.1. The van der Waals surface area contributed by atoms with Gasteiger partial charge in [-0.05, 0) is 46.9 Å². The molecule has 2 aromatic rings. The average molecular weight is 381 g/mol. The number of amides is 1. The van der Waals surface area contributed by atoms with Crippen molar-refractivity contribution < 1.29 is 14.3 Å². The summed E-state index contributed by atoms with van der Waals surface area (Å²) >= 11 is 2.18. The number of benzene rings is 2. The average Bonchev–Trinajstić information content (AvgIpc) is 2.49. The van der Waals surface area contributed by atoms with E-state index in [9.17, 15) is 4.79 Å². The van der Waals surface area contributed by atoms with E-state index in [1.807, 2.05) is 42.5 Å². The van der Waals surface area contributed by atoms with Crippen LogP contribution in [0.2, 0.25) is 0 Å². The van der Waals surface area contributed by atoms with Crippen molar-refractivity contribution in [1.29, 1.82) is 0 Å². The monoisotopic (exact) mass is 381 g/mol. The molecular weight excluding hydrogens is 369 g/mol. The van der Waals surface area contributed by atoms with Crippen molar-refractivity contribution >= 4 is 34.2 Å². The molecule has 0 spiro atoms. The van der Waals surface area contributed by atoms with Crippen molar-refractivity contribution in [2.24, 2.45) is 0 Å². The molecular formula is C15H12INO3. The summed E-state index contributed by atoms with van der Waals surface area (Å²) < 4.78 is 12.2. The van der Waals surface area contributed by atoms with E-state index in [4.69, 9.17) is 9.47 Å². The Morgan fingerprint density at radius 3 is 2.60 bits per heavy atom. The van der Waals surface area contributed by atoms with Crippen molar-refractivity contribution in [2.45, 2.75) is 6.10 Å². The number of para-hydroxylation sites is 3. The van der Waals surface area contributed by atoms with Gasteiger partial charge >= 0.3 is 0 Å². The molecule has 0 aliphatic carbocycles. The minimum absolute atomic E-state index is 0.205. The quantitative estimate of drug-likeness (QED) is 0.814. The van der Waals surface area contributed by atoms with Crippen molar-refractivity contribution in [2.75, 3.05) is 11.9 Å². The third-order valence-corrected chi connectivity index (χ3v) is 3.87. The van der Waals surface area contributed by atoms with Crippen molar-refractivity contribution in [3.63, 3.8) is 0 Å². The molecule has 20 heavy (non-hydrogen) atoms. The molecule has 0 saturated heterocycles. The van der Waals surface area contributed by atoms with E-state index in [0.717, 1.165) is 9.26 Å². The van der Waals surface area contributed by atoms with E-state index in [1.165, 1.54) is 0 Å². The second-order valence-electron chi connectivity index (χ2n) is 4.33. The first-order chi connectivity index (χ1) is 9.74. The third kappa shape index (κ3) is 2.72. The summed E-state index contributed by atoms with van der Waals surface area (Å²) in [4.78, 5) is 12.2. The summed E-state index contributed by atoms with van der Waals surface area (Å²) in [5.41, 5.74) is 0.778. The van der Waals surface area contributed by atoms with E-state index in [1.54, 1.807) is 6.07 Å². The Hall–Kier alpha value is -1.76. The Morgan fingerprint density at radius 2 is 1.80 bits per heavy atom. The van der Waals surface area contributed by atoms with Gasteiger partial charge < -0.3 is 14.8 Å². The number of carbonyl (C=O) groups is 1. The van der Waals surface area contributed by atoms with Gasteiger partial charge in [-0.25, -0.2) is 0 Å². The fourth-order valence-corrected chi connectivity index (χ4v) is 2.45. The number of fused-ring (bicyclic) bond motifs is 1. The molecule has 0 radical (unpaired) electrons. The number of anilines is 1. The fraction of sp³-hybridized carbons (Fsp3) is 0.133. The van der Waals surface area contributed by atoms with Crippen molar-refractivity contribution in [3.8, 4) is 11.5 Å². The molecule has 0 saturated carbocycles. The predicted molar refractivity (Wildman–Crippen MR) is 84.1 cm³/mol. The SMILES string of the molecule is O=C(Nc1ccccc1I)C1COc2ccccc2O1. The molecule has 1 atom stereocenters. The smallest absolute Gasteiger partial charge is 0.269 e. The molecule has 1 amide bonds. The highest BCUT2D eigenvalue weighted by Gasteiger charge is 2.27. The van der Waals surface area contributed by atoms with Gasteiger partial charge in [-0.15, -0.1) is 0 Å². The largest absolute Gasteiger partial charge is 0.485 e. The van der Waals surface area contributed by atoms with E-state index in [-0.39, 0.29) is 12.5 Å². The summed E-state index contributed by atoms with van der Waals surface area (Å²) in [6.07, 6.45) is -0.638. The minimum atomic E-state index is -0.638. The van der Waals surface area contributed by atoms with Crippen LogP contribution in [0.25, 0.3) is 0 Å². The molecule has 3 rings (SSSR count). The number of nitrogens with one attached hydrogen (secondary N) is 1. The van der Waals surface area contributed by atoms with Gasteiger partial charge in [-0.1, -0.05) is 24.3 Å². The normalized spacial score (nSPS) is 16.6. The van der Waals surface area contributed by atoms with Crippen LogP contribution in [0.4, 0.5) is 5.69 Å². The van der Waals surface area contributed by atoms with Crippen LogP contribution in [0.5, 0.6) is 11.5 Å². The van der Waals surface area contributed by atoms with Gasteiger partial charge in [0.2, 0.25) is 6.10 Å². The van der Waals surface area contributed by atoms with Gasteiger partial charge in [-0.2, -0.15) is 0 Å². The Kier molecular flexibility index (Phi) is 3.77. The maximum atomic E-state index is 12.2. The molecule has 1 aliphatic heterocycles. The maximum Gasteiger partial charge on any atom is 0.269 e. The van der Waals surface area contributed by atoms with Gasteiger partial charge in [-0.3, -0.25) is 4.79 Å². The Labute approximate surface area is 130 Å². The number of hydrogen-bond acceptors (Lipinski definition) is 3. The summed E-state index contributed by atoms with van der Waals surface area (Å²) in [6.45, 7) is 0.215. The topological polar surface area (TPSA) is 47.6 Å². The standard InChI is InChI=1S/C15H12INO3/c16-10-5-1-2-6-11(10)17-15(18)14-9-19-12-7-3-4-8-13(12)20-14/h1-8,14H,9H2,(H,17,18). The first-order valence-corrected chi connectivity index (χ1v) is 7.26. The first-order valence-electron chi connectivity index (χ1n) is 6.18. The molecule has 0 bridgehead atoms. The Balaban J connectivity index is 1.72. The lowest BCUT2D eigenvalue weighted by molar-refractivity contribution is -0.125. The van der Waals surface area contributed by atoms with Crippen LogP contribution in [0.15, 0.2) is 48.5 Å². The lowest BCUT2D eigenvalue weighted by atomic mass is 10.2. The van der Waals surface area contributed by atoms with E-state index in [2.05, 4.69) is 27.9 Å². The molecule has 1 aliphatic rings. The number of rotatable bonds is 2. The molecule has 102 valence electrons. The van der Waals surface area contributed by atoms with Gasteiger partial charge in [0.25, 0.3) is 5.91 Å². The van der Waals surface area contributed by atoms with Crippen LogP contribution in [0.1, 0.15) is 0 Å². The van der Waals surface area contributed by atoms with Gasteiger partial charge in [0.15, 0.2) is 11.5 Å². The summed E-state index contributed by atoms with van der Waals surface area (Å²) in [6, 6.07) is 14.9. The van der Waals surface area contributed by atoms with E-state index < -0.39 is 6.10 Å². The Morgan fingerprint density at radius 1 is 1.10 bits per heavy atom. The number of hydrogen-bond donors (Lipinski definition) is 1. The van der Waals surface area contributed by atoms with Gasteiger partial charge in [0.05, 0.1) is 5.69 Å². The van der Waals surface area contributed by atoms with Gasteiger partial charge in [0, 0.05) is 3.57 Å². The molecule has 1 heterocycles. The molecule has 0 aromatic heterocycles. The first kappa shape index (κ1) is 13.2. The third-order valence-electron chi connectivity index (χ3n) is 2.93. The zero-order valence-electron chi connectivity index (χ0n) is 10.5. The predicted octanol–water partition coefficient (Wildman–Crippen LogP) is 3.07. The molecule has 5 heteroatoms. The summed E-state index contributed by atoms with van der Waals surface area (Å²) in [5, 5.41) is 2.86. The molecule has 1 unspecified atom stereocenters. The second-order valence-corrected chi connectivity index (χ2v) is 5.50. The number of ether oxygens (including phenoxy) is 2. The van der Waals surface area contributed by atoms with Crippen LogP contribution in [0.3, 0.4) is 0 Å². The molecule has 1 N–H and O–H groups in total. The minimum Gasteiger partial charge on any atom is -0.485 e. The lowest BCUT2D eigenvalue weighted by Crippen LogP contribution is -2.40. The highest BCUT2D eigenvalue weighted by Crippen LogP contribution is 2.31. The lowest BCUT2D eigenvalue weighted by Gasteiger charge is -2.25. The van der Waals surface area contributed by atoms with Crippen LogP contribution < -0.4 is 14.8 Å². The zero-order chi connectivity index (χ0) is 13.9. The maximum absolute atomic E-state index is 12.2. The molecule has 2 aromatic carbocycles. The highest BCUT2D eigenvalue weighted by atomic mass is 127. The van der Waals surface area contributed by atoms with Crippen LogP contribution in [-0.4, -0.2) is 18.6 Å². The Bertz CT molecular complexity index is 645. The van der Waals surface area contributed by atoms with E-state index in [0.29, 0.717) is 11.5 Å². The summed E-state index contributed by atoms with van der Waals surface area (Å²) in [7, 11) is 0. The van der Waals surface area contributed by atoms with Crippen LogP contribution >= 0.6 is 22.6 Å². The zero-order valence-corrected chi connectivity index (χ0v) is 12.7.